The van der Waals surface area contributed by atoms with E-state index >= 15 is 0 Å². The molecule has 0 bridgehead atoms. The van der Waals surface area contributed by atoms with Gasteiger partial charge < -0.3 is 31.9 Å². The third-order valence-electron chi connectivity index (χ3n) is 2.94. The molecular weight excluding hydrogens is 308 g/mol. The van der Waals surface area contributed by atoms with Gasteiger partial charge in [-0.15, -0.1) is 0 Å². The molecule has 3 unspecified atom stereocenters. The molecule has 10 heteroatoms. The van der Waals surface area contributed by atoms with Crippen molar-refractivity contribution in [3.63, 3.8) is 0 Å². The van der Waals surface area contributed by atoms with Gasteiger partial charge in [0.2, 0.25) is 17.7 Å². The summed E-state index contributed by atoms with van der Waals surface area (Å²) in [5.74, 6) is -3.52. The fraction of sp³-hybridized carbons (Fsp3) is 0.692. The molecule has 7 N–H and O–H groups in total. The number of hydrogen-bond acceptors (Lipinski definition) is 6. The van der Waals surface area contributed by atoms with Gasteiger partial charge in [0.15, 0.2) is 6.04 Å². The maximum Gasteiger partial charge on any atom is 0.328 e. The van der Waals surface area contributed by atoms with Crippen molar-refractivity contribution in [1.29, 1.82) is 0 Å². The van der Waals surface area contributed by atoms with Crippen LogP contribution in [0.25, 0.3) is 0 Å². The zero-order valence-electron chi connectivity index (χ0n) is 13.3. The van der Waals surface area contributed by atoms with Gasteiger partial charge in [0.05, 0.1) is 19.2 Å². The van der Waals surface area contributed by atoms with Crippen LogP contribution in [0.4, 0.5) is 0 Å². The van der Waals surface area contributed by atoms with E-state index in [1.165, 1.54) is 6.92 Å². The summed E-state index contributed by atoms with van der Waals surface area (Å²) >= 11 is 0. The van der Waals surface area contributed by atoms with E-state index in [9.17, 15) is 24.3 Å². The molecule has 0 saturated carbocycles. The first kappa shape index (κ1) is 20.8. The molecule has 0 spiro atoms. The van der Waals surface area contributed by atoms with Crippen LogP contribution in [0.3, 0.4) is 0 Å². The van der Waals surface area contributed by atoms with Gasteiger partial charge in [-0.1, -0.05) is 13.8 Å². The minimum atomic E-state index is -1.47. The molecule has 0 rings (SSSR count). The van der Waals surface area contributed by atoms with E-state index in [0.717, 1.165) is 0 Å². The van der Waals surface area contributed by atoms with Crippen LogP contribution in [-0.2, 0) is 19.2 Å². The average Bonchev–Trinajstić information content (AvgIpc) is 2.46. The fourth-order valence-electron chi connectivity index (χ4n) is 1.66. The number of rotatable bonds is 9. The fourth-order valence-corrected chi connectivity index (χ4v) is 1.66. The lowest BCUT2D eigenvalue weighted by molar-refractivity contribution is -0.144. The molecule has 0 aliphatic rings. The molecule has 3 amide bonds. The summed E-state index contributed by atoms with van der Waals surface area (Å²) in [7, 11) is 0. The van der Waals surface area contributed by atoms with Crippen LogP contribution in [0.2, 0.25) is 0 Å². The Kier molecular flexibility index (Phi) is 8.81. The second-order valence-electron chi connectivity index (χ2n) is 5.34. The number of carbonyl (C=O) groups excluding carboxylic acids is 3. The molecular formula is C13H24N4O6. The quantitative estimate of drug-likeness (QED) is 0.264. The minimum Gasteiger partial charge on any atom is -0.480 e. The van der Waals surface area contributed by atoms with Gasteiger partial charge in [-0.3, -0.25) is 14.4 Å². The summed E-state index contributed by atoms with van der Waals surface area (Å²) in [6.07, 6.45) is -1.29. The Bertz CT molecular complexity index is 452. The highest BCUT2D eigenvalue weighted by molar-refractivity contribution is 5.92. The normalized spacial score (nSPS) is 14.5. The maximum absolute atomic E-state index is 12.0. The number of aliphatic hydroxyl groups excluding tert-OH is 1. The van der Waals surface area contributed by atoms with Gasteiger partial charge in [0.1, 0.15) is 6.04 Å². The molecule has 3 atom stereocenters. The van der Waals surface area contributed by atoms with Crippen molar-refractivity contribution >= 4 is 23.7 Å². The second kappa shape index (κ2) is 9.74. The summed E-state index contributed by atoms with van der Waals surface area (Å²) < 4.78 is 0. The first-order valence-corrected chi connectivity index (χ1v) is 7.07. The number of nitrogens with two attached hydrogens (primary N) is 1. The third kappa shape index (κ3) is 7.56. The third-order valence-corrected chi connectivity index (χ3v) is 2.94. The van der Waals surface area contributed by atoms with Crippen molar-refractivity contribution in [3.05, 3.63) is 0 Å². The van der Waals surface area contributed by atoms with Crippen molar-refractivity contribution in [2.24, 2.45) is 11.7 Å². The zero-order chi connectivity index (χ0) is 18.2. The summed E-state index contributed by atoms with van der Waals surface area (Å²) in [6.45, 7) is 3.86. The van der Waals surface area contributed by atoms with Gasteiger partial charge in [0, 0.05) is 0 Å². The lowest BCUT2D eigenvalue weighted by Crippen LogP contribution is -2.54. The van der Waals surface area contributed by atoms with Crippen LogP contribution in [-0.4, -0.2) is 65.2 Å². The van der Waals surface area contributed by atoms with E-state index < -0.39 is 48.4 Å². The zero-order valence-corrected chi connectivity index (χ0v) is 13.3. The number of amides is 3. The lowest BCUT2D eigenvalue weighted by Gasteiger charge is -2.22. The number of aliphatic hydroxyl groups is 1. The van der Waals surface area contributed by atoms with Crippen molar-refractivity contribution in [2.45, 2.75) is 39.0 Å². The SMILES string of the molecule is CC(C)C(NC(=O)CN)C(=O)NCC(=O)NC(C(=O)O)C(C)O. The summed E-state index contributed by atoms with van der Waals surface area (Å²) in [5.41, 5.74) is 5.17. The van der Waals surface area contributed by atoms with Crippen LogP contribution in [0, 0.1) is 5.92 Å². The topological polar surface area (TPSA) is 171 Å². The van der Waals surface area contributed by atoms with Gasteiger partial charge in [-0.05, 0) is 12.8 Å². The Labute approximate surface area is 133 Å². The number of carbonyl (C=O) groups is 4. The molecule has 0 aromatic rings. The van der Waals surface area contributed by atoms with E-state index in [0.29, 0.717) is 0 Å². The monoisotopic (exact) mass is 332 g/mol. The molecule has 0 aliphatic heterocycles. The first-order chi connectivity index (χ1) is 10.6. The molecule has 23 heavy (non-hydrogen) atoms. The first-order valence-electron chi connectivity index (χ1n) is 7.07. The smallest absolute Gasteiger partial charge is 0.328 e. The molecule has 0 radical (unpaired) electrons. The van der Waals surface area contributed by atoms with Crippen molar-refractivity contribution < 1.29 is 29.4 Å². The number of carboxylic acids is 1. The molecule has 0 aliphatic carbocycles. The van der Waals surface area contributed by atoms with Crippen LogP contribution >= 0.6 is 0 Å². The molecule has 0 saturated heterocycles. The van der Waals surface area contributed by atoms with Gasteiger partial charge in [-0.25, -0.2) is 4.79 Å². The maximum atomic E-state index is 12.0. The van der Waals surface area contributed by atoms with Gasteiger partial charge in [0.25, 0.3) is 0 Å². The van der Waals surface area contributed by atoms with E-state index in [4.69, 9.17) is 10.8 Å². The minimum absolute atomic E-state index is 0.238. The van der Waals surface area contributed by atoms with Crippen LogP contribution in [0.5, 0.6) is 0 Å². The average molecular weight is 332 g/mol. The van der Waals surface area contributed by atoms with Crippen LogP contribution in [0.1, 0.15) is 20.8 Å². The molecule has 0 aromatic heterocycles. The summed E-state index contributed by atoms with van der Waals surface area (Å²) in [4.78, 5) is 45.7. The predicted octanol–water partition coefficient (Wildman–Crippen LogP) is -2.85. The Morgan fingerprint density at radius 2 is 1.52 bits per heavy atom. The molecule has 10 nitrogen and oxygen atoms in total. The van der Waals surface area contributed by atoms with Gasteiger partial charge >= 0.3 is 5.97 Å². The number of aliphatic carboxylic acids is 1. The summed E-state index contributed by atoms with van der Waals surface area (Å²) in [6, 6.07) is -2.34. The standard InChI is InChI=1S/C13H24N4O6/c1-6(2)10(16-8(19)4-14)12(21)15-5-9(20)17-11(7(3)18)13(22)23/h6-7,10-11,18H,4-5,14H2,1-3H3,(H,15,21)(H,16,19)(H,17,20)(H,22,23). The Morgan fingerprint density at radius 3 is 1.91 bits per heavy atom. The second-order valence-corrected chi connectivity index (χ2v) is 5.34. The molecule has 0 aromatic carbocycles. The Hall–Kier alpha value is -2.20. The van der Waals surface area contributed by atoms with Crippen molar-refractivity contribution in [1.82, 2.24) is 16.0 Å². The largest absolute Gasteiger partial charge is 0.480 e. The van der Waals surface area contributed by atoms with E-state index in [2.05, 4.69) is 16.0 Å². The van der Waals surface area contributed by atoms with E-state index in [-0.39, 0.29) is 12.5 Å². The van der Waals surface area contributed by atoms with Crippen LogP contribution < -0.4 is 21.7 Å². The number of hydrogen-bond donors (Lipinski definition) is 6. The molecule has 0 fully saturated rings. The van der Waals surface area contributed by atoms with Gasteiger partial charge in [-0.2, -0.15) is 0 Å². The highest BCUT2D eigenvalue weighted by Gasteiger charge is 2.27. The van der Waals surface area contributed by atoms with E-state index in [1.54, 1.807) is 13.8 Å². The highest BCUT2D eigenvalue weighted by Crippen LogP contribution is 2.01. The molecule has 132 valence electrons. The highest BCUT2D eigenvalue weighted by atomic mass is 16.4. The lowest BCUT2D eigenvalue weighted by atomic mass is 10.0. The van der Waals surface area contributed by atoms with Crippen LogP contribution in [0.15, 0.2) is 0 Å². The number of carboxylic acid groups (broad SMARTS) is 1. The number of nitrogens with one attached hydrogen (secondary N) is 3. The molecule has 0 heterocycles. The Balaban J connectivity index is 4.57. The predicted molar refractivity (Wildman–Crippen MR) is 80.1 cm³/mol. The van der Waals surface area contributed by atoms with Crippen molar-refractivity contribution in [2.75, 3.05) is 13.1 Å². The van der Waals surface area contributed by atoms with Crippen molar-refractivity contribution in [3.8, 4) is 0 Å². The Morgan fingerprint density at radius 1 is 1.00 bits per heavy atom. The van der Waals surface area contributed by atoms with E-state index in [1.807, 2.05) is 0 Å². The summed E-state index contributed by atoms with van der Waals surface area (Å²) in [5, 5.41) is 24.9.